The van der Waals surface area contributed by atoms with Crippen LogP contribution in [0.2, 0.25) is 0 Å². The molecule has 39 heavy (non-hydrogen) atoms. The Balaban J connectivity index is 1.99. The number of esters is 4. The summed E-state index contributed by atoms with van der Waals surface area (Å²) in [6.07, 6.45) is -6.82. The van der Waals surface area contributed by atoms with E-state index >= 15 is 0 Å². The molecule has 2 saturated heterocycles. The van der Waals surface area contributed by atoms with Crippen molar-refractivity contribution in [2.24, 2.45) is 16.2 Å². The predicted molar refractivity (Wildman–Crippen MR) is 138 cm³/mol. The van der Waals surface area contributed by atoms with Crippen molar-refractivity contribution in [2.45, 2.75) is 99.1 Å². The number of carbonyl (C=O) groups excluding carboxylic acids is 4. The zero-order valence-corrected chi connectivity index (χ0v) is 24.1. The van der Waals surface area contributed by atoms with Crippen LogP contribution in [0.4, 0.5) is 0 Å². The molecule has 1 aromatic rings. The van der Waals surface area contributed by atoms with Crippen molar-refractivity contribution in [3.63, 3.8) is 0 Å². The number of hydrogen-bond donors (Lipinski definition) is 0. The first-order chi connectivity index (χ1) is 17.9. The lowest BCUT2D eigenvalue weighted by Crippen LogP contribution is -2.56. The minimum Gasteiger partial charge on any atom is -0.461 e. The van der Waals surface area contributed by atoms with Gasteiger partial charge in [-0.2, -0.15) is 0 Å². The summed E-state index contributed by atoms with van der Waals surface area (Å²) in [5.74, 6) is -2.49. The Hall–Kier alpha value is -2.98. The third-order valence-corrected chi connectivity index (χ3v) is 6.14. The van der Waals surface area contributed by atoms with E-state index in [-0.39, 0.29) is 6.61 Å². The maximum Gasteiger partial charge on any atom is 0.350 e. The van der Waals surface area contributed by atoms with Gasteiger partial charge in [-0.1, -0.05) is 30.3 Å². The van der Waals surface area contributed by atoms with Gasteiger partial charge in [0.05, 0.1) is 16.2 Å². The Morgan fingerprint density at radius 3 is 1.90 bits per heavy atom. The van der Waals surface area contributed by atoms with E-state index in [9.17, 15) is 19.2 Å². The van der Waals surface area contributed by atoms with Crippen LogP contribution in [0.25, 0.3) is 0 Å². The maximum absolute atomic E-state index is 13.0. The van der Waals surface area contributed by atoms with Crippen LogP contribution >= 0.6 is 0 Å². The van der Waals surface area contributed by atoms with Gasteiger partial charge in [0.2, 0.25) is 6.10 Å². The van der Waals surface area contributed by atoms with Crippen LogP contribution in [0.15, 0.2) is 30.3 Å². The molecule has 10 nitrogen and oxygen atoms in total. The lowest BCUT2D eigenvalue weighted by Gasteiger charge is -2.41. The standard InChI is InChI=1S/C29H40O10/c1-27(2,3)24(31)34-15-17(35-25(32)28(4,5)6)18-19-20(38-23(37-18)16-13-11-10-12-14-16)21(22(30)36-19)39-26(33)29(7,8)9/h10-14,17-21,23H,15H2,1-9H3/t17-,18-,19+,20-,21-,23-/m1/s1. The van der Waals surface area contributed by atoms with Crippen molar-refractivity contribution in [1.29, 1.82) is 0 Å². The highest BCUT2D eigenvalue weighted by molar-refractivity contribution is 5.84. The van der Waals surface area contributed by atoms with Crippen molar-refractivity contribution in [3.05, 3.63) is 35.9 Å². The van der Waals surface area contributed by atoms with Crippen molar-refractivity contribution >= 4 is 23.9 Å². The first kappa shape index (κ1) is 30.6. The van der Waals surface area contributed by atoms with Crippen LogP contribution in [0, 0.1) is 16.2 Å². The maximum atomic E-state index is 13.0. The van der Waals surface area contributed by atoms with Crippen LogP contribution < -0.4 is 0 Å². The monoisotopic (exact) mass is 548 g/mol. The molecule has 0 unspecified atom stereocenters. The highest BCUT2D eigenvalue weighted by Gasteiger charge is 2.59. The number of benzene rings is 1. The molecule has 2 aliphatic rings. The molecular formula is C29H40O10. The topological polar surface area (TPSA) is 124 Å². The molecule has 0 N–H and O–H groups in total. The van der Waals surface area contributed by atoms with Crippen LogP contribution in [0.5, 0.6) is 0 Å². The molecule has 0 bridgehead atoms. The van der Waals surface area contributed by atoms with Gasteiger partial charge in [-0.3, -0.25) is 14.4 Å². The molecular weight excluding hydrogens is 508 g/mol. The number of fused-ring (bicyclic) bond motifs is 1. The Morgan fingerprint density at radius 2 is 1.36 bits per heavy atom. The Labute approximate surface area is 229 Å². The lowest BCUT2D eigenvalue weighted by atomic mass is 9.95. The Bertz CT molecular complexity index is 1060. The van der Waals surface area contributed by atoms with Gasteiger partial charge >= 0.3 is 23.9 Å². The summed E-state index contributed by atoms with van der Waals surface area (Å²) in [4.78, 5) is 51.2. The van der Waals surface area contributed by atoms with Gasteiger partial charge in [0.1, 0.15) is 18.8 Å². The fraction of sp³-hybridized carbons (Fsp3) is 0.655. The highest BCUT2D eigenvalue weighted by atomic mass is 16.8. The summed E-state index contributed by atoms with van der Waals surface area (Å²) in [6.45, 7) is 14.8. The molecule has 0 spiro atoms. The molecule has 0 aliphatic carbocycles. The van der Waals surface area contributed by atoms with E-state index in [0.29, 0.717) is 5.56 Å². The van der Waals surface area contributed by atoms with Crippen LogP contribution in [-0.2, 0) is 47.6 Å². The summed E-state index contributed by atoms with van der Waals surface area (Å²) in [7, 11) is 0. The molecule has 0 aromatic heterocycles. The molecule has 10 heteroatoms. The Kier molecular flexibility index (Phi) is 8.82. The number of ether oxygens (including phenoxy) is 6. The van der Waals surface area contributed by atoms with E-state index in [2.05, 4.69) is 0 Å². The van der Waals surface area contributed by atoms with Crippen molar-refractivity contribution in [1.82, 2.24) is 0 Å². The second-order valence-electron chi connectivity index (χ2n) is 13.0. The molecule has 216 valence electrons. The van der Waals surface area contributed by atoms with E-state index in [0.717, 1.165) is 0 Å². The molecule has 6 atom stereocenters. The Morgan fingerprint density at radius 1 is 0.795 bits per heavy atom. The number of carbonyl (C=O) groups is 4. The molecule has 0 radical (unpaired) electrons. The second kappa shape index (κ2) is 11.3. The summed E-state index contributed by atoms with van der Waals surface area (Å²) in [5, 5.41) is 0. The molecule has 1 aromatic carbocycles. The van der Waals surface area contributed by atoms with Crippen LogP contribution in [0.3, 0.4) is 0 Å². The average Bonchev–Trinajstić information content (AvgIpc) is 3.14. The van der Waals surface area contributed by atoms with Crippen LogP contribution in [0.1, 0.15) is 74.2 Å². The van der Waals surface area contributed by atoms with Crippen molar-refractivity contribution in [2.75, 3.05) is 6.61 Å². The van der Waals surface area contributed by atoms with E-state index in [1.165, 1.54) is 0 Å². The van der Waals surface area contributed by atoms with Gasteiger partial charge in [-0.15, -0.1) is 0 Å². The summed E-state index contributed by atoms with van der Waals surface area (Å²) in [6, 6.07) is 8.94. The molecule has 2 aliphatic heterocycles. The van der Waals surface area contributed by atoms with Crippen LogP contribution in [-0.4, -0.2) is 61.0 Å². The third-order valence-electron chi connectivity index (χ3n) is 6.14. The zero-order valence-electron chi connectivity index (χ0n) is 24.1. The first-order valence-electron chi connectivity index (χ1n) is 13.1. The van der Waals surface area contributed by atoms with Gasteiger partial charge in [-0.05, 0) is 62.3 Å². The smallest absolute Gasteiger partial charge is 0.350 e. The minimum atomic E-state index is -1.37. The molecule has 0 amide bonds. The van der Waals surface area contributed by atoms with Gasteiger partial charge in [0, 0.05) is 5.56 Å². The summed E-state index contributed by atoms with van der Waals surface area (Å²) >= 11 is 0. The summed E-state index contributed by atoms with van der Waals surface area (Å²) < 4.78 is 34.9. The van der Waals surface area contributed by atoms with Gasteiger partial charge < -0.3 is 28.4 Å². The fourth-order valence-electron chi connectivity index (χ4n) is 3.73. The SMILES string of the molecule is CC(C)(C)C(=O)OC[C@@H](OC(=O)C(C)(C)C)[C@H]1O[C@@H](c2ccccc2)O[C@@H]2[C@H]1OC(=O)[C@@H]2OC(=O)C(C)(C)C. The lowest BCUT2D eigenvalue weighted by molar-refractivity contribution is -0.303. The molecule has 3 rings (SSSR count). The second-order valence-corrected chi connectivity index (χ2v) is 13.0. The van der Waals surface area contributed by atoms with Gasteiger partial charge in [0.15, 0.2) is 18.5 Å². The molecule has 2 fully saturated rings. The quantitative estimate of drug-likeness (QED) is 0.382. The zero-order chi connectivity index (χ0) is 29.3. The fourth-order valence-corrected chi connectivity index (χ4v) is 3.73. The number of hydrogen-bond acceptors (Lipinski definition) is 10. The predicted octanol–water partition coefficient (Wildman–Crippen LogP) is 3.90. The molecule has 2 heterocycles. The third kappa shape index (κ3) is 7.36. The van der Waals surface area contributed by atoms with Crippen molar-refractivity contribution < 1.29 is 47.6 Å². The first-order valence-corrected chi connectivity index (χ1v) is 13.1. The number of rotatable bonds is 6. The van der Waals surface area contributed by atoms with E-state index < -0.39 is 76.9 Å². The minimum absolute atomic E-state index is 0.350. The highest BCUT2D eigenvalue weighted by Crippen LogP contribution is 2.40. The van der Waals surface area contributed by atoms with E-state index in [1.54, 1.807) is 86.6 Å². The van der Waals surface area contributed by atoms with Gasteiger partial charge in [-0.25, -0.2) is 4.79 Å². The summed E-state index contributed by atoms with van der Waals surface area (Å²) in [5.41, 5.74) is -1.95. The van der Waals surface area contributed by atoms with E-state index in [4.69, 9.17) is 28.4 Å². The van der Waals surface area contributed by atoms with Gasteiger partial charge in [0.25, 0.3) is 0 Å². The average molecular weight is 549 g/mol. The van der Waals surface area contributed by atoms with Crippen molar-refractivity contribution in [3.8, 4) is 0 Å². The largest absolute Gasteiger partial charge is 0.461 e. The molecule has 0 saturated carbocycles. The normalized spacial score (nSPS) is 26.2. The van der Waals surface area contributed by atoms with E-state index in [1.807, 2.05) is 6.07 Å².